The highest BCUT2D eigenvalue weighted by atomic mass is 16.5. The predicted molar refractivity (Wildman–Crippen MR) is 97.8 cm³/mol. The summed E-state index contributed by atoms with van der Waals surface area (Å²) in [7, 11) is 1.51. The summed E-state index contributed by atoms with van der Waals surface area (Å²) in [5.74, 6) is 0.233. The number of carbonyl (C=O) groups is 2. The van der Waals surface area contributed by atoms with Crippen molar-refractivity contribution in [2.75, 3.05) is 19.0 Å². The Morgan fingerprint density at radius 3 is 2.70 bits per heavy atom. The van der Waals surface area contributed by atoms with E-state index in [2.05, 4.69) is 5.32 Å². The summed E-state index contributed by atoms with van der Waals surface area (Å²) in [5, 5.41) is 12.6. The number of hydrogen-bond donors (Lipinski definition) is 2. The van der Waals surface area contributed by atoms with Crippen LogP contribution >= 0.6 is 0 Å². The molecule has 2 atom stereocenters. The van der Waals surface area contributed by atoms with Gasteiger partial charge in [-0.3, -0.25) is 9.59 Å². The maximum Gasteiger partial charge on any atom is 0.256 e. The standard InChI is InChI=1S/C20H20N2O5/c1-26-17-9-15-14(8-18(17)27-11-12-5-3-2-4-6-12)20(25)22-10-13(23)7-16(22)19(24)21-15/h2-6,8-9,13,16,23H,7,10-11H2,1H3,(H,21,24)/t13-,16+/m1/s1. The third-order valence-electron chi connectivity index (χ3n) is 4.87. The molecule has 7 nitrogen and oxygen atoms in total. The monoisotopic (exact) mass is 368 g/mol. The van der Waals surface area contributed by atoms with Gasteiger partial charge in [-0.05, 0) is 11.6 Å². The fraction of sp³-hybridized carbons (Fsp3) is 0.300. The van der Waals surface area contributed by atoms with Crippen molar-refractivity contribution in [3.63, 3.8) is 0 Å². The molecule has 4 rings (SSSR count). The first-order valence-electron chi connectivity index (χ1n) is 8.75. The van der Waals surface area contributed by atoms with Gasteiger partial charge in [-0.25, -0.2) is 0 Å². The number of aliphatic hydroxyl groups excluding tert-OH is 1. The molecule has 2 amide bonds. The van der Waals surface area contributed by atoms with Gasteiger partial charge in [0, 0.05) is 19.0 Å². The molecule has 2 aliphatic heterocycles. The lowest BCUT2D eigenvalue weighted by Crippen LogP contribution is -2.40. The van der Waals surface area contributed by atoms with Gasteiger partial charge >= 0.3 is 0 Å². The van der Waals surface area contributed by atoms with Crippen molar-refractivity contribution in [3.8, 4) is 11.5 Å². The van der Waals surface area contributed by atoms with Gasteiger partial charge in [-0.2, -0.15) is 0 Å². The van der Waals surface area contributed by atoms with Gasteiger partial charge in [0.15, 0.2) is 11.5 Å². The van der Waals surface area contributed by atoms with Gasteiger partial charge in [0.25, 0.3) is 5.91 Å². The maximum atomic E-state index is 13.0. The minimum absolute atomic E-state index is 0.141. The van der Waals surface area contributed by atoms with Crippen molar-refractivity contribution < 1.29 is 24.2 Å². The summed E-state index contributed by atoms with van der Waals surface area (Å²) in [6.45, 7) is 0.462. The van der Waals surface area contributed by atoms with Crippen molar-refractivity contribution in [1.82, 2.24) is 4.90 Å². The molecule has 2 aliphatic rings. The summed E-state index contributed by atoms with van der Waals surface area (Å²) >= 11 is 0. The number of anilines is 1. The zero-order chi connectivity index (χ0) is 19.0. The summed E-state index contributed by atoms with van der Waals surface area (Å²) in [6.07, 6.45) is -0.460. The molecule has 140 valence electrons. The van der Waals surface area contributed by atoms with Gasteiger partial charge in [0.1, 0.15) is 12.6 Å². The number of nitrogens with zero attached hydrogens (tertiary/aromatic N) is 1. The molecule has 7 heteroatoms. The Kier molecular flexibility index (Phi) is 4.45. The molecule has 0 radical (unpaired) electrons. The van der Waals surface area contributed by atoms with E-state index >= 15 is 0 Å². The lowest BCUT2D eigenvalue weighted by atomic mass is 10.1. The lowest BCUT2D eigenvalue weighted by molar-refractivity contribution is -0.119. The van der Waals surface area contributed by atoms with E-state index in [0.29, 0.717) is 29.4 Å². The largest absolute Gasteiger partial charge is 0.493 e. The molecule has 1 saturated heterocycles. The Balaban J connectivity index is 1.67. The number of methoxy groups -OCH3 is 1. The van der Waals surface area contributed by atoms with Gasteiger partial charge in [-0.1, -0.05) is 30.3 Å². The van der Waals surface area contributed by atoms with Crippen LogP contribution in [0.15, 0.2) is 42.5 Å². The average molecular weight is 368 g/mol. The smallest absolute Gasteiger partial charge is 0.256 e. The van der Waals surface area contributed by atoms with E-state index in [1.807, 2.05) is 30.3 Å². The fourth-order valence-corrected chi connectivity index (χ4v) is 3.51. The number of nitrogens with one attached hydrogen (secondary N) is 1. The fourth-order valence-electron chi connectivity index (χ4n) is 3.51. The van der Waals surface area contributed by atoms with E-state index in [1.165, 1.54) is 12.0 Å². The number of amides is 2. The molecule has 2 aromatic rings. The lowest BCUT2D eigenvalue weighted by Gasteiger charge is -2.20. The number of hydrogen-bond acceptors (Lipinski definition) is 5. The minimum atomic E-state index is -0.696. The van der Waals surface area contributed by atoms with E-state index in [9.17, 15) is 14.7 Å². The van der Waals surface area contributed by atoms with Crippen molar-refractivity contribution in [1.29, 1.82) is 0 Å². The van der Waals surface area contributed by atoms with Crippen LogP contribution < -0.4 is 14.8 Å². The normalized spacial score (nSPS) is 21.2. The first kappa shape index (κ1) is 17.4. The summed E-state index contributed by atoms with van der Waals surface area (Å²) in [4.78, 5) is 26.8. The highest BCUT2D eigenvalue weighted by Crippen LogP contribution is 2.37. The zero-order valence-corrected chi connectivity index (χ0v) is 14.8. The SMILES string of the molecule is COc1cc2c(cc1OCc1ccccc1)C(=O)N1C[C@H](O)C[C@H]1C(=O)N2. The van der Waals surface area contributed by atoms with Crippen LogP contribution in [0, 0.1) is 0 Å². The minimum Gasteiger partial charge on any atom is -0.493 e. The van der Waals surface area contributed by atoms with Crippen LogP contribution in [-0.2, 0) is 11.4 Å². The summed E-state index contributed by atoms with van der Waals surface area (Å²) in [6, 6.07) is 12.2. The van der Waals surface area contributed by atoms with E-state index in [1.54, 1.807) is 12.1 Å². The predicted octanol–water partition coefficient (Wildman–Crippen LogP) is 1.80. The maximum absolute atomic E-state index is 13.0. The van der Waals surface area contributed by atoms with E-state index in [-0.39, 0.29) is 24.8 Å². The van der Waals surface area contributed by atoms with Crippen LogP contribution in [0.5, 0.6) is 11.5 Å². The molecule has 2 heterocycles. The molecular weight excluding hydrogens is 348 g/mol. The van der Waals surface area contributed by atoms with Crippen LogP contribution in [0.2, 0.25) is 0 Å². The molecule has 0 aliphatic carbocycles. The number of ether oxygens (including phenoxy) is 2. The molecule has 0 unspecified atom stereocenters. The number of aliphatic hydroxyl groups is 1. The second kappa shape index (κ2) is 6.92. The molecule has 0 aromatic heterocycles. The Morgan fingerprint density at radius 2 is 1.96 bits per heavy atom. The molecule has 0 spiro atoms. The quantitative estimate of drug-likeness (QED) is 0.859. The van der Waals surface area contributed by atoms with Gasteiger partial charge in [0.05, 0.1) is 24.5 Å². The molecular formula is C20H20N2O5. The van der Waals surface area contributed by atoms with Gasteiger partial charge in [-0.15, -0.1) is 0 Å². The number of rotatable bonds is 4. The van der Waals surface area contributed by atoms with Crippen LogP contribution in [0.3, 0.4) is 0 Å². The third kappa shape index (κ3) is 3.21. The Labute approximate surface area is 156 Å². The Bertz CT molecular complexity index is 883. The highest BCUT2D eigenvalue weighted by molar-refractivity contribution is 6.10. The number of benzene rings is 2. The van der Waals surface area contributed by atoms with Crippen molar-refractivity contribution >= 4 is 17.5 Å². The molecule has 0 bridgehead atoms. The van der Waals surface area contributed by atoms with E-state index in [4.69, 9.17) is 9.47 Å². The third-order valence-corrected chi connectivity index (χ3v) is 4.87. The summed E-state index contributed by atoms with van der Waals surface area (Å²) < 4.78 is 11.3. The van der Waals surface area contributed by atoms with Crippen LogP contribution in [0.25, 0.3) is 0 Å². The van der Waals surface area contributed by atoms with Crippen molar-refractivity contribution in [2.24, 2.45) is 0 Å². The number of fused-ring (bicyclic) bond motifs is 2. The molecule has 2 N–H and O–H groups in total. The van der Waals surface area contributed by atoms with E-state index < -0.39 is 12.1 Å². The summed E-state index contributed by atoms with van der Waals surface area (Å²) in [5.41, 5.74) is 1.69. The van der Waals surface area contributed by atoms with Crippen LogP contribution in [0.1, 0.15) is 22.3 Å². The Hall–Kier alpha value is -3.06. The first-order valence-corrected chi connectivity index (χ1v) is 8.75. The molecule has 1 fully saturated rings. The van der Waals surface area contributed by atoms with Gasteiger partial charge in [0.2, 0.25) is 5.91 Å². The highest BCUT2D eigenvalue weighted by Gasteiger charge is 2.42. The number of carbonyl (C=O) groups excluding carboxylic acids is 2. The molecule has 2 aromatic carbocycles. The second-order valence-electron chi connectivity index (χ2n) is 6.68. The van der Waals surface area contributed by atoms with Crippen molar-refractivity contribution in [3.05, 3.63) is 53.6 Å². The van der Waals surface area contributed by atoms with E-state index in [0.717, 1.165) is 5.56 Å². The zero-order valence-electron chi connectivity index (χ0n) is 14.8. The average Bonchev–Trinajstić information content (AvgIpc) is 3.05. The topological polar surface area (TPSA) is 88.1 Å². The molecule has 0 saturated carbocycles. The Morgan fingerprint density at radius 1 is 1.19 bits per heavy atom. The first-order chi connectivity index (χ1) is 13.1. The van der Waals surface area contributed by atoms with Crippen LogP contribution in [0.4, 0.5) is 5.69 Å². The van der Waals surface area contributed by atoms with Crippen molar-refractivity contribution in [2.45, 2.75) is 25.2 Å². The molecule has 27 heavy (non-hydrogen) atoms. The van der Waals surface area contributed by atoms with Crippen LogP contribution in [-0.4, -0.2) is 47.6 Å². The second-order valence-corrected chi connectivity index (χ2v) is 6.68. The van der Waals surface area contributed by atoms with Gasteiger partial charge < -0.3 is 24.8 Å².